The monoisotopic (exact) mass is 428 g/mol. The summed E-state index contributed by atoms with van der Waals surface area (Å²) in [6, 6.07) is 2.80. The first-order valence-electron chi connectivity index (χ1n) is 8.00. The molecule has 142 valence electrons. The number of primary amides is 1. The normalized spacial score (nSPS) is 14.9. The molecule has 1 saturated heterocycles. The number of carbonyl (C=O) groups excluding carboxylic acids is 2. The molecule has 0 bridgehead atoms. The number of hydrogen-bond donors (Lipinski definition) is 1. The van der Waals surface area contributed by atoms with E-state index in [0.29, 0.717) is 30.7 Å². The number of hydrogen-bond acceptors (Lipinski definition) is 6. The molecule has 0 radical (unpaired) electrons. The third kappa shape index (κ3) is 4.63. The number of nitro benzene ring substituents is 1. The van der Waals surface area contributed by atoms with Gasteiger partial charge < -0.3 is 20.3 Å². The third-order valence-corrected chi connectivity index (χ3v) is 4.22. The molecular weight excluding hydrogens is 408 g/mol. The number of halogens is 1. The Labute approximate surface area is 159 Å². The van der Waals surface area contributed by atoms with Crippen molar-refractivity contribution in [3.8, 4) is 0 Å². The number of piperazine rings is 1. The first kappa shape index (κ1) is 20.0. The fourth-order valence-corrected chi connectivity index (χ4v) is 3.13. The van der Waals surface area contributed by atoms with Gasteiger partial charge in [0.15, 0.2) is 0 Å². The van der Waals surface area contributed by atoms with Crippen molar-refractivity contribution in [2.75, 3.05) is 31.1 Å². The topological polar surface area (TPSA) is 119 Å². The minimum atomic E-state index is -0.751. The molecule has 10 heteroatoms. The standard InChI is InChI=1S/C16H21BrN4O5/c1-16(2,3)26-15(23)20-6-4-19(5-7-20)13-11(14(18)22)8-10(17)9-12(13)21(24)25/h8-9H,4-7H2,1-3H3,(H2,18,22). The SMILES string of the molecule is CC(C)(C)OC(=O)N1CCN(c2c(C(N)=O)cc(Br)cc2[N+](=O)[O-])CC1. The Bertz CT molecular complexity index is 704. The Morgan fingerprint density at radius 3 is 2.27 bits per heavy atom. The minimum absolute atomic E-state index is 0.0665. The van der Waals surface area contributed by atoms with Gasteiger partial charge >= 0.3 is 6.09 Å². The Kier molecular flexibility index (Phi) is 5.74. The van der Waals surface area contributed by atoms with E-state index in [-0.39, 0.29) is 16.9 Å². The second-order valence-corrected chi connectivity index (χ2v) is 7.81. The largest absolute Gasteiger partial charge is 0.444 e. The highest BCUT2D eigenvalue weighted by Crippen LogP contribution is 2.36. The maximum atomic E-state index is 12.1. The van der Waals surface area contributed by atoms with Gasteiger partial charge in [0.1, 0.15) is 11.3 Å². The van der Waals surface area contributed by atoms with E-state index < -0.39 is 22.5 Å². The van der Waals surface area contributed by atoms with Gasteiger partial charge in [-0.1, -0.05) is 15.9 Å². The van der Waals surface area contributed by atoms with E-state index in [1.807, 2.05) is 0 Å². The van der Waals surface area contributed by atoms with Crippen LogP contribution in [-0.4, -0.2) is 53.6 Å². The molecule has 0 aliphatic carbocycles. The molecule has 2 rings (SSSR count). The highest BCUT2D eigenvalue weighted by Gasteiger charge is 2.31. The lowest BCUT2D eigenvalue weighted by molar-refractivity contribution is -0.384. The average Bonchev–Trinajstić information content (AvgIpc) is 2.52. The molecule has 0 aromatic heterocycles. The smallest absolute Gasteiger partial charge is 0.410 e. The van der Waals surface area contributed by atoms with E-state index in [4.69, 9.17) is 10.5 Å². The van der Waals surface area contributed by atoms with Gasteiger partial charge in [0.2, 0.25) is 0 Å². The molecule has 1 aliphatic rings. The van der Waals surface area contributed by atoms with Gasteiger partial charge in [-0.25, -0.2) is 4.79 Å². The van der Waals surface area contributed by atoms with Crippen LogP contribution in [0.4, 0.5) is 16.2 Å². The van der Waals surface area contributed by atoms with E-state index in [1.54, 1.807) is 25.7 Å². The number of nitrogens with zero attached hydrogens (tertiary/aromatic N) is 3. The number of amides is 2. The molecule has 2 N–H and O–H groups in total. The van der Waals surface area contributed by atoms with E-state index >= 15 is 0 Å². The van der Waals surface area contributed by atoms with Crippen LogP contribution in [0.3, 0.4) is 0 Å². The molecule has 2 amide bonds. The van der Waals surface area contributed by atoms with Crippen molar-refractivity contribution >= 4 is 39.3 Å². The number of rotatable bonds is 3. The number of nitro groups is 1. The molecular formula is C16H21BrN4O5. The summed E-state index contributed by atoms with van der Waals surface area (Å²) in [5.41, 5.74) is 4.84. The Hall–Kier alpha value is -2.36. The molecule has 1 aromatic carbocycles. The molecule has 26 heavy (non-hydrogen) atoms. The summed E-state index contributed by atoms with van der Waals surface area (Å²) in [7, 11) is 0. The lowest BCUT2D eigenvalue weighted by Gasteiger charge is -2.37. The second kappa shape index (κ2) is 7.48. The molecule has 0 saturated carbocycles. The van der Waals surface area contributed by atoms with E-state index in [1.165, 1.54) is 17.0 Å². The molecule has 0 atom stereocenters. The van der Waals surface area contributed by atoms with Crippen LogP contribution in [0.15, 0.2) is 16.6 Å². The second-order valence-electron chi connectivity index (χ2n) is 6.90. The summed E-state index contributed by atoms with van der Waals surface area (Å²) in [4.78, 5) is 38.1. The molecule has 9 nitrogen and oxygen atoms in total. The van der Waals surface area contributed by atoms with Crippen LogP contribution in [0.1, 0.15) is 31.1 Å². The third-order valence-electron chi connectivity index (χ3n) is 3.76. The van der Waals surface area contributed by atoms with Gasteiger partial charge in [-0.3, -0.25) is 14.9 Å². The molecule has 1 heterocycles. The molecule has 1 fully saturated rings. The first-order valence-corrected chi connectivity index (χ1v) is 8.79. The summed E-state index contributed by atoms with van der Waals surface area (Å²) < 4.78 is 5.74. The van der Waals surface area contributed by atoms with Gasteiger partial charge in [-0.2, -0.15) is 0 Å². The molecule has 1 aromatic rings. The van der Waals surface area contributed by atoms with Crippen LogP contribution >= 0.6 is 15.9 Å². The fraction of sp³-hybridized carbons (Fsp3) is 0.500. The predicted octanol–water partition coefficient (Wildman–Crippen LogP) is 2.51. The van der Waals surface area contributed by atoms with Gasteiger partial charge in [-0.05, 0) is 26.8 Å². The number of benzene rings is 1. The van der Waals surface area contributed by atoms with Gasteiger partial charge in [0.05, 0.1) is 10.5 Å². The van der Waals surface area contributed by atoms with Crippen LogP contribution in [0, 0.1) is 10.1 Å². The van der Waals surface area contributed by atoms with Crippen molar-refractivity contribution in [3.05, 3.63) is 32.3 Å². The Morgan fingerprint density at radius 1 is 1.23 bits per heavy atom. The zero-order valence-electron chi connectivity index (χ0n) is 14.8. The van der Waals surface area contributed by atoms with Crippen molar-refractivity contribution in [2.45, 2.75) is 26.4 Å². The maximum Gasteiger partial charge on any atom is 0.410 e. The van der Waals surface area contributed by atoms with Crippen molar-refractivity contribution in [1.29, 1.82) is 0 Å². The van der Waals surface area contributed by atoms with Crippen molar-refractivity contribution in [1.82, 2.24) is 4.90 Å². The maximum absolute atomic E-state index is 12.1. The molecule has 1 aliphatic heterocycles. The quantitative estimate of drug-likeness (QED) is 0.583. The highest BCUT2D eigenvalue weighted by atomic mass is 79.9. The summed E-state index contributed by atoms with van der Waals surface area (Å²) in [6.07, 6.45) is -0.433. The number of nitrogens with two attached hydrogens (primary N) is 1. The van der Waals surface area contributed by atoms with Crippen molar-refractivity contribution in [2.24, 2.45) is 5.73 Å². The zero-order chi connectivity index (χ0) is 19.6. The van der Waals surface area contributed by atoms with Gasteiger partial charge in [0, 0.05) is 36.7 Å². The number of carbonyl (C=O) groups is 2. The van der Waals surface area contributed by atoms with Crippen LogP contribution in [0.25, 0.3) is 0 Å². The lowest BCUT2D eigenvalue weighted by Crippen LogP contribution is -2.50. The Balaban J connectivity index is 2.25. The lowest BCUT2D eigenvalue weighted by atomic mass is 10.1. The summed E-state index contributed by atoms with van der Waals surface area (Å²) >= 11 is 3.16. The summed E-state index contributed by atoms with van der Waals surface area (Å²) in [6.45, 7) is 6.63. The van der Waals surface area contributed by atoms with E-state index in [9.17, 15) is 19.7 Å². The van der Waals surface area contributed by atoms with E-state index in [0.717, 1.165) is 0 Å². The van der Waals surface area contributed by atoms with Gasteiger partial charge in [-0.15, -0.1) is 0 Å². The van der Waals surface area contributed by atoms with Crippen LogP contribution < -0.4 is 10.6 Å². The van der Waals surface area contributed by atoms with Crippen molar-refractivity contribution < 1.29 is 19.2 Å². The zero-order valence-corrected chi connectivity index (χ0v) is 16.4. The van der Waals surface area contributed by atoms with Crippen LogP contribution in [0.2, 0.25) is 0 Å². The Morgan fingerprint density at radius 2 is 1.81 bits per heavy atom. The summed E-state index contributed by atoms with van der Waals surface area (Å²) in [5, 5.41) is 11.4. The molecule has 0 spiro atoms. The average molecular weight is 429 g/mol. The first-order chi connectivity index (χ1) is 12.0. The minimum Gasteiger partial charge on any atom is -0.444 e. The summed E-state index contributed by atoms with van der Waals surface area (Å²) in [5.74, 6) is -0.751. The number of anilines is 1. The van der Waals surface area contributed by atoms with E-state index in [2.05, 4.69) is 15.9 Å². The number of ether oxygens (including phenoxy) is 1. The van der Waals surface area contributed by atoms with Gasteiger partial charge in [0.25, 0.3) is 11.6 Å². The fourth-order valence-electron chi connectivity index (χ4n) is 2.68. The van der Waals surface area contributed by atoms with Crippen molar-refractivity contribution in [3.63, 3.8) is 0 Å². The van der Waals surface area contributed by atoms with Crippen LogP contribution in [-0.2, 0) is 4.74 Å². The van der Waals surface area contributed by atoms with Crippen LogP contribution in [0.5, 0.6) is 0 Å². The molecule has 0 unspecified atom stereocenters. The predicted molar refractivity (Wildman–Crippen MR) is 99.3 cm³/mol. The highest BCUT2D eigenvalue weighted by molar-refractivity contribution is 9.10.